The predicted molar refractivity (Wildman–Crippen MR) is 117 cm³/mol. The van der Waals surface area contributed by atoms with Crippen molar-refractivity contribution in [2.24, 2.45) is 0 Å². The first kappa shape index (κ1) is 25.2. The molecule has 10 heteroatoms. The lowest BCUT2D eigenvalue weighted by Gasteiger charge is -2.16. The second kappa shape index (κ2) is 9.82. The molecule has 3 rings (SSSR count). The van der Waals surface area contributed by atoms with Crippen LogP contribution in [0.25, 0.3) is 5.57 Å². The first-order valence-corrected chi connectivity index (χ1v) is 10.5. The Morgan fingerprint density at radius 1 is 0.912 bits per heavy atom. The molecule has 2 aromatic heterocycles. The number of benzene rings is 1. The molecule has 4 nitrogen and oxygen atoms in total. The van der Waals surface area contributed by atoms with Gasteiger partial charge in [0.1, 0.15) is 0 Å². The number of nitrogens with one attached hydrogen (secondary N) is 1. The van der Waals surface area contributed by atoms with Gasteiger partial charge in [-0.05, 0) is 49.6 Å². The third-order valence-corrected chi connectivity index (χ3v) is 5.02. The van der Waals surface area contributed by atoms with Crippen molar-refractivity contribution >= 4 is 17.2 Å². The molecule has 0 spiro atoms. The van der Waals surface area contributed by atoms with Gasteiger partial charge in [0.25, 0.3) is 0 Å². The summed E-state index contributed by atoms with van der Waals surface area (Å²) in [5.41, 5.74) is 0.533. The minimum Gasteiger partial charge on any atom is -0.324 e. The van der Waals surface area contributed by atoms with Gasteiger partial charge in [0.2, 0.25) is 5.95 Å². The van der Waals surface area contributed by atoms with Gasteiger partial charge in [-0.25, -0.2) is 9.97 Å². The fourth-order valence-corrected chi connectivity index (χ4v) is 3.33. The highest BCUT2D eigenvalue weighted by atomic mass is 19.4. The number of alkyl halides is 6. The SMILES string of the molecule is CC/C=C(/c1ccc(CC)nc1)c1cnc(Nc2cc(C(F)(F)F)cc(C(F)(F)F)c2)nc1C. The maximum Gasteiger partial charge on any atom is 0.416 e. The lowest BCUT2D eigenvalue weighted by molar-refractivity contribution is -0.143. The summed E-state index contributed by atoms with van der Waals surface area (Å²) in [6.45, 7) is 5.65. The molecule has 0 radical (unpaired) electrons. The van der Waals surface area contributed by atoms with E-state index in [9.17, 15) is 26.3 Å². The largest absolute Gasteiger partial charge is 0.416 e. The van der Waals surface area contributed by atoms with Crippen LogP contribution in [-0.4, -0.2) is 15.0 Å². The molecule has 0 bridgehead atoms. The van der Waals surface area contributed by atoms with E-state index in [0.29, 0.717) is 23.4 Å². The second-order valence-electron chi connectivity index (χ2n) is 7.53. The molecule has 1 aromatic carbocycles. The maximum absolute atomic E-state index is 13.1. The van der Waals surface area contributed by atoms with E-state index in [4.69, 9.17) is 0 Å². The molecule has 0 aliphatic rings. The van der Waals surface area contributed by atoms with Crippen molar-refractivity contribution in [2.75, 3.05) is 5.32 Å². The molecule has 0 aliphatic heterocycles. The van der Waals surface area contributed by atoms with Crippen LogP contribution in [0.2, 0.25) is 0 Å². The zero-order valence-electron chi connectivity index (χ0n) is 18.6. The van der Waals surface area contributed by atoms with Gasteiger partial charge < -0.3 is 5.32 Å². The number of rotatable bonds is 6. The Morgan fingerprint density at radius 3 is 2.03 bits per heavy atom. The average molecular weight is 480 g/mol. The topological polar surface area (TPSA) is 50.7 Å². The normalized spacial score (nSPS) is 12.7. The van der Waals surface area contributed by atoms with Crippen LogP contribution in [0.1, 0.15) is 53.9 Å². The second-order valence-corrected chi connectivity index (χ2v) is 7.53. The third-order valence-electron chi connectivity index (χ3n) is 5.02. The van der Waals surface area contributed by atoms with E-state index < -0.39 is 29.2 Å². The van der Waals surface area contributed by atoms with Crippen LogP contribution in [0.15, 0.2) is 48.8 Å². The summed E-state index contributed by atoms with van der Waals surface area (Å²) in [4.78, 5) is 12.8. The van der Waals surface area contributed by atoms with Crippen molar-refractivity contribution in [1.29, 1.82) is 0 Å². The standard InChI is InChI=1S/C24H22F6N4/c1-4-6-20(15-7-8-18(5-2)31-12-15)21-13-32-22(33-14(21)3)34-19-10-16(23(25,26)27)9-17(11-19)24(28,29)30/h6-13H,4-5H2,1-3H3,(H,32,33,34)/b20-6-. The van der Waals surface area contributed by atoms with Gasteiger partial charge in [-0.3, -0.25) is 4.98 Å². The van der Waals surface area contributed by atoms with E-state index in [1.54, 1.807) is 13.1 Å². The van der Waals surface area contributed by atoms with Crippen molar-refractivity contribution in [3.8, 4) is 0 Å². The molecule has 0 amide bonds. The van der Waals surface area contributed by atoms with Gasteiger partial charge in [0.05, 0.1) is 16.8 Å². The van der Waals surface area contributed by atoms with Crippen LogP contribution >= 0.6 is 0 Å². The Kier molecular flexibility index (Phi) is 7.28. The van der Waals surface area contributed by atoms with E-state index in [1.807, 2.05) is 32.1 Å². The molecule has 34 heavy (non-hydrogen) atoms. The number of hydrogen-bond donors (Lipinski definition) is 1. The Hall–Kier alpha value is -3.43. The maximum atomic E-state index is 13.1. The molecule has 180 valence electrons. The van der Waals surface area contributed by atoms with Crippen molar-refractivity contribution in [3.63, 3.8) is 0 Å². The fourth-order valence-electron chi connectivity index (χ4n) is 3.33. The molecular weight excluding hydrogens is 458 g/mol. The number of aryl methyl sites for hydroxylation is 2. The highest BCUT2D eigenvalue weighted by Gasteiger charge is 2.37. The molecule has 1 N–H and O–H groups in total. The predicted octanol–water partition coefficient (Wildman–Crippen LogP) is 7.37. The quantitative estimate of drug-likeness (QED) is 0.375. The summed E-state index contributed by atoms with van der Waals surface area (Å²) in [6.07, 6.45) is -3.18. The van der Waals surface area contributed by atoms with Crippen molar-refractivity contribution in [1.82, 2.24) is 15.0 Å². The molecule has 0 atom stereocenters. The number of hydrogen-bond acceptors (Lipinski definition) is 4. The van der Waals surface area contributed by atoms with Gasteiger partial charge in [-0.1, -0.05) is 26.0 Å². The molecule has 3 aromatic rings. The summed E-state index contributed by atoms with van der Waals surface area (Å²) in [5, 5.41) is 2.47. The molecular formula is C24H22F6N4. The number of aromatic nitrogens is 3. The van der Waals surface area contributed by atoms with Gasteiger partial charge in [0.15, 0.2) is 0 Å². The van der Waals surface area contributed by atoms with Crippen LogP contribution in [0.5, 0.6) is 0 Å². The Balaban J connectivity index is 1.96. The number of nitrogens with zero attached hydrogens (tertiary/aromatic N) is 3. The smallest absolute Gasteiger partial charge is 0.324 e. The lowest BCUT2D eigenvalue weighted by Crippen LogP contribution is -2.12. The summed E-state index contributed by atoms with van der Waals surface area (Å²) < 4.78 is 78.7. The van der Waals surface area contributed by atoms with Gasteiger partial charge in [-0.2, -0.15) is 26.3 Å². The van der Waals surface area contributed by atoms with Crippen LogP contribution in [0.4, 0.5) is 38.0 Å². The summed E-state index contributed by atoms with van der Waals surface area (Å²) in [7, 11) is 0. The molecule has 2 heterocycles. The zero-order chi connectivity index (χ0) is 25.1. The van der Waals surface area contributed by atoms with Crippen molar-refractivity contribution in [2.45, 2.75) is 46.0 Å². The lowest BCUT2D eigenvalue weighted by atomic mass is 9.98. The minimum absolute atomic E-state index is 0.0695. The van der Waals surface area contributed by atoms with Gasteiger partial charge in [0, 0.05) is 34.9 Å². The van der Waals surface area contributed by atoms with Crippen LogP contribution < -0.4 is 5.32 Å². The Morgan fingerprint density at radius 2 is 1.56 bits per heavy atom. The monoisotopic (exact) mass is 480 g/mol. The van der Waals surface area contributed by atoms with Gasteiger partial charge in [-0.15, -0.1) is 0 Å². The van der Waals surface area contributed by atoms with E-state index in [0.717, 1.165) is 29.7 Å². The fraction of sp³-hybridized carbons (Fsp3) is 0.292. The number of halogens is 6. The summed E-state index contributed by atoms with van der Waals surface area (Å²) in [6, 6.07) is 5.09. The molecule has 0 aliphatic carbocycles. The summed E-state index contributed by atoms with van der Waals surface area (Å²) >= 11 is 0. The molecule has 0 unspecified atom stereocenters. The first-order valence-electron chi connectivity index (χ1n) is 10.5. The zero-order valence-corrected chi connectivity index (χ0v) is 18.6. The van der Waals surface area contributed by atoms with Crippen molar-refractivity contribution in [3.05, 3.63) is 82.4 Å². The van der Waals surface area contributed by atoms with E-state index in [-0.39, 0.29) is 12.0 Å². The minimum atomic E-state index is -4.94. The summed E-state index contributed by atoms with van der Waals surface area (Å²) in [5.74, 6) is -0.121. The first-order chi connectivity index (χ1) is 15.9. The van der Waals surface area contributed by atoms with E-state index in [1.165, 1.54) is 6.20 Å². The van der Waals surface area contributed by atoms with Crippen LogP contribution in [0.3, 0.4) is 0 Å². The van der Waals surface area contributed by atoms with E-state index >= 15 is 0 Å². The van der Waals surface area contributed by atoms with Gasteiger partial charge >= 0.3 is 12.4 Å². The Labute approximate surface area is 192 Å². The average Bonchev–Trinajstić information content (AvgIpc) is 2.77. The highest BCUT2D eigenvalue weighted by Crippen LogP contribution is 2.38. The van der Waals surface area contributed by atoms with E-state index in [2.05, 4.69) is 20.3 Å². The van der Waals surface area contributed by atoms with Crippen molar-refractivity contribution < 1.29 is 26.3 Å². The highest BCUT2D eigenvalue weighted by molar-refractivity contribution is 5.80. The third kappa shape index (κ3) is 5.92. The molecule has 0 fully saturated rings. The number of allylic oxidation sites excluding steroid dienone is 1. The number of pyridine rings is 1. The van der Waals surface area contributed by atoms with Crippen LogP contribution in [0, 0.1) is 6.92 Å². The van der Waals surface area contributed by atoms with Crippen LogP contribution in [-0.2, 0) is 18.8 Å². The molecule has 0 saturated heterocycles. The number of anilines is 2. The molecule has 0 saturated carbocycles. The Bertz CT molecular complexity index is 1150.